The highest BCUT2D eigenvalue weighted by Crippen LogP contribution is 2.45. The maximum Gasteiger partial charge on any atom is 0.325 e. The van der Waals surface area contributed by atoms with Gasteiger partial charge in [-0.2, -0.15) is 0 Å². The van der Waals surface area contributed by atoms with Crippen LogP contribution >= 0.6 is 12.4 Å². The minimum atomic E-state index is -0.810. The maximum absolute atomic E-state index is 12.9. The van der Waals surface area contributed by atoms with Crippen molar-refractivity contribution >= 4 is 30.3 Å². The van der Waals surface area contributed by atoms with Gasteiger partial charge in [0.25, 0.3) is 5.91 Å². The van der Waals surface area contributed by atoms with Crippen molar-refractivity contribution in [3.63, 3.8) is 0 Å². The minimum Gasteiger partial charge on any atom is -0.353 e. The van der Waals surface area contributed by atoms with Crippen LogP contribution in [0.15, 0.2) is 0 Å². The predicted octanol–water partition coefficient (Wildman–Crippen LogP) is 2.05. The summed E-state index contributed by atoms with van der Waals surface area (Å²) in [5.74, 6) is 0.00345. The average molecular weight is 403 g/mol. The standard InChI is InChI=1S/C19H34N4O3.ClH/c1-6-18(3,4)14-7-9-19(10-8-14)16(25)23(17(26)22-19)12-15(24)21-11-13(2)20-5;/h13-14,20H,6-12H2,1-5H3,(H,21,24)(H,22,26);1H. The number of imide groups is 1. The van der Waals surface area contributed by atoms with Crippen molar-refractivity contribution in [2.45, 2.75) is 71.4 Å². The van der Waals surface area contributed by atoms with Gasteiger partial charge in [0.15, 0.2) is 0 Å². The fourth-order valence-corrected chi connectivity index (χ4v) is 3.91. The van der Waals surface area contributed by atoms with E-state index >= 15 is 0 Å². The Morgan fingerprint density at radius 2 is 1.93 bits per heavy atom. The number of hydrogen-bond donors (Lipinski definition) is 3. The molecule has 0 bridgehead atoms. The van der Waals surface area contributed by atoms with Crippen molar-refractivity contribution < 1.29 is 14.4 Å². The summed E-state index contributed by atoms with van der Waals surface area (Å²) < 4.78 is 0. The molecule has 0 aromatic rings. The summed E-state index contributed by atoms with van der Waals surface area (Å²) in [6.45, 7) is 8.92. The Hall–Kier alpha value is -1.34. The molecule has 156 valence electrons. The van der Waals surface area contributed by atoms with Crippen molar-refractivity contribution in [2.75, 3.05) is 20.1 Å². The van der Waals surface area contributed by atoms with E-state index in [-0.39, 0.29) is 42.2 Å². The highest BCUT2D eigenvalue weighted by molar-refractivity contribution is 6.09. The number of halogens is 1. The Bertz CT molecular complexity index is 559. The molecule has 0 aromatic heterocycles. The number of likely N-dealkylation sites (N-methyl/N-ethyl adjacent to an activating group) is 1. The van der Waals surface area contributed by atoms with Crippen LogP contribution in [0.5, 0.6) is 0 Å². The van der Waals surface area contributed by atoms with Crippen LogP contribution in [0, 0.1) is 11.3 Å². The minimum absolute atomic E-state index is 0. The summed E-state index contributed by atoms with van der Waals surface area (Å²) in [7, 11) is 1.81. The van der Waals surface area contributed by atoms with Gasteiger partial charge in [-0.05, 0) is 51.0 Å². The van der Waals surface area contributed by atoms with Crippen LogP contribution in [0.3, 0.4) is 0 Å². The Labute approximate surface area is 168 Å². The van der Waals surface area contributed by atoms with E-state index in [2.05, 4.69) is 36.7 Å². The second kappa shape index (κ2) is 9.24. The summed E-state index contributed by atoms with van der Waals surface area (Å²) in [5, 5.41) is 8.66. The molecule has 2 aliphatic rings. The smallest absolute Gasteiger partial charge is 0.325 e. The Kier molecular flexibility index (Phi) is 8.11. The quantitative estimate of drug-likeness (QED) is 0.568. The number of hydrogen-bond acceptors (Lipinski definition) is 4. The lowest BCUT2D eigenvalue weighted by Gasteiger charge is -2.42. The molecule has 1 saturated carbocycles. The fraction of sp³-hybridized carbons (Fsp3) is 0.842. The molecule has 1 unspecified atom stereocenters. The first-order chi connectivity index (χ1) is 12.1. The van der Waals surface area contributed by atoms with Crippen molar-refractivity contribution in [1.29, 1.82) is 0 Å². The number of amides is 4. The topological polar surface area (TPSA) is 90.5 Å². The zero-order valence-corrected chi connectivity index (χ0v) is 18.0. The molecule has 1 saturated heterocycles. The molecule has 1 atom stereocenters. The summed E-state index contributed by atoms with van der Waals surface area (Å²) in [6, 6.07) is -0.314. The number of carbonyl (C=O) groups is 3. The van der Waals surface area contributed by atoms with E-state index in [0.29, 0.717) is 25.3 Å². The summed E-state index contributed by atoms with van der Waals surface area (Å²) in [6.07, 6.45) is 4.25. The van der Waals surface area contributed by atoms with Crippen LogP contribution in [-0.4, -0.2) is 54.5 Å². The lowest BCUT2D eigenvalue weighted by atomic mass is 9.65. The van der Waals surface area contributed by atoms with Gasteiger partial charge in [0, 0.05) is 12.6 Å². The number of carbonyl (C=O) groups excluding carboxylic acids is 3. The van der Waals surface area contributed by atoms with Gasteiger partial charge in [-0.15, -0.1) is 12.4 Å². The van der Waals surface area contributed by atoms with Crippen molar-refractivity contribution in [1.82, 2.24) is 20.9 Å². The molecule has 3 N–H and O–H groups in total. The molecule has 1 aliphatic heterocycles. The second-order valence-corrected chi connectivity index (χ2v) is 8.51. The monoisotopic (exact) mass is 402 g/mol. The summed E-state index contributed by atoms with van der Waals surface area (Å²) >= 11 is 0. The van der Waals surface area contributed by atoms with Crippen molar-refractivity contribution in [2.24, 2.45) is 11.3 Å². The third-order valence-electron chi connectivity index (χ3n) is 6.50. The van der Waals surface area contributed by atoms with E-state index in [0.717, 1.165) is 24.2 Å². The van der Waals surface area contributed by atoms with E-state index in [1.54, 1.807) is 0 Å². The molecule has 1 spiro atoms. The van der Waals surface area contributed by atoms with Crippen LogP contribution in [0.4, 0.5) is 4.79 Å². The molecule has 27 heavy (non-hydrogen) atoms. The molecule has 0 radical (unpaired) electrons. The number of nitrogens with zero attached hydrogens (tertiary/aromatic N) is 1. The van der Waals surface area contributed by atoms with Gasteiger partial charge >= 0.3 is 6.03 Å². The zero-order valence-electron chi connectivity index (χ0n) is 17.2. The molecule has 2 fully saturated rings. The van der Waals surface area contributed by atoms with E-state index < -0.39 is 11.6 Å². The van der Waals surface area contributed by atoms with Gasteiger partial charge in [-0.3, -0.25) is 14.5 Å². The van der Waals surface area contributed by atoms with Crippen LogP contribution in [-0.2, 0) is 9.59 Å². The molecule has 1 aliphatic carbocycles. The van der Waals surface area contributed by atoms with Crippen LogP contribution in [0.2, 0.25) is 0 Å². The van der Waals surface area contributed by atoms with Gasteiger partial charge in [-0.1, -0.05) is 27.2 Å². The van der Waals surface area contributed by atoms with Gasteiger partial charge in [0.2, 0.25) is 5.91 Å². The third-order valence-corrected chi connectivity index (χ3v) is 6.50. The maximum atomic E-state index is 12.9. The Morgan fingerprint density at radius 1 is 1.33 bits per heavy atom. The summed E-state index contributed by atoms with van der Waals surface area (Å²) in [5.41, 5.74) is -0.563. The number of urea groups is 1. The average Bonchev–Trinajstić information content (AvgIpc) is 2.84. The molecule has 2 rings (SSSR count). The van der Waals surface area contributed by atoms with Gasteiger partial charge in [-0.25, -0.2) is 4.79 Å². The van der Waals surface area contributed by atoms with Crippen LogP contribution in [0.1, 0.15) is 59.8 Å². The van der Waals surface area contributed by atoms with E-state index in [1.807, 2.05) is 14.0 Å². The fourth-order valence-electron chi connectivity index (χ4n) is 3.91. The van der Waals surface area contributed by atoms with E-state index in [9.17, 15) is 14.4 Å². The molecule has 8 heteroatoms. The Balaban J connectivity index is 0.00000364. The van der Waals surface area contributed by atoms with Gasteiger partial charge < -0.3 is 16.0 Å². The Morgan fingerprint density at radius 3 is 2.44 bits per heavy atom. The molecular weight excluding hydrogens is 368 g/mol. The van der Waals surface area contributed by atoms with E-state index in [4.69, 9.17) is 0 Å². The van der Waals surface area contributed by atoms with Crippen LogP contribution in [0.25, 0.3) is 0 Å². The van der Waals surface area contributed by atoms with Crippen molar-refractivity contribution in [3.8, 4) is 0 Å². The normalized spacial score (nSPS) is 26.6. The predicted molar refractivity (Wildman–Crippen MR) is 108 cm³/mol. The molecule has 7 nitrogen and oxygen atoms in total. The highest BCUT2D eigenvalue weighted by Gasteiger charge is 2.53. The van der Waals surface area contributed by atoms with Gasteiger partial charge in [0.1, 0.15) is 12.1 Å². The first-order valence-electron chi connectivity index (χ1n) is 9.73. The van der Waals surface area contributed by atoms with Crippen LogP contribution < -0.4 is 16.0 Å². The first kappa shape index (κ1) is 23.7. The third kappa shape index (κ3) is 5.13. The number of rotatable bonds is 7. The lowest BCUT2D eigenvalue weighted by Crippen LogP contribution is -2.51. The zero-order chi connectivity index (χ0) is 19.5. The van der Waals surface area contributed by atoms with E-state index in [1.165, 1.54) is 0 Å². The summed E-state index contributed by atoms with van der Waals surface area (Å²) in [4.78, 5) is 38.4. The second-order valence-electron chi connectivity index (χ2n) is 8.51. The number of nitrogens with one attached hydrogen (secondary N) is 3. The molecule has 4 amide bonds. The lowest BCUT2D eigenvalue weighted by molar-refractivity contribution is -0.136. The molecule has 1 heterocycles. The highest BCUT2D eigenvalue weighted by atomic mass is 35.5. The first-order valence-corrected chi connectivity index (χ1v) is 9.73. The largest absolute Gasteiger partial charge is 0.353 e. The molecule has 0 aromatic carbocycles. The van der Waals surface area contributed by atoms with Gasteiger partial charge in [0.05, 0.1) is 0 Å². The van der Waals surface area contributed by atoms with Crippen molar-refractivity contribution in [3.05, 3.63) is 0 Å². The SMILES string of the molecule is CCC(C)(C)C1CCC2(CC1)NC(=O)N(CC(=O)NCC(C)NC)C2=O.Cl. The molecular formula is C19H35ClN4O3.